The summed E-state index contributed by atoms with van der Waals surface area (Å²) >= 11 is 0. The lowest BCUT2D eigenvalue weighted by molar-refractivity contribution is 0.283. The Bertz CT molecular complexity index is 327. The average molecular weight is 208 g/mol. The number of nitrogens with two attached hydrogens (primary N) is 1. The molecular weight excluding hydrogens is 192 g/mol. The first-order valence-corrected chi connectivity index (χ1v) is 5.26. The van der Waals surface area contributed by atoms with Crippen molar-refractivity contribution in [3.05, 3.63) is 12.5 Å². The summed E-state index contributed by atoms with van der Waals surface area (Å²) in [7, 11) is 0. The second-order valence-corrected chi connectivity index (χ2v) is 3.80. The topological polar surface area (TPSA) is 75.3 Å². The van der Waals surface area contributed by atoms with Crippen molar-refractivity contribution in [1.29, 1.82) is 0 Å². The molecule has 1 heterocycles. The van der Waals surface area contributed by atoms with Gasteiger partial charge in [-0.05, 0) is 19.3 Å². The van der Waals surface area contributed by atoms with Crippen LogP contribution in [0, 0.1) is 0 Å². The van der Waals surface area contributed by atoms with Crippen LogP contribution < -0.4 is 10.6 Å². The molecule has 0 aliphatic heterocycles. The van der Waals surface area contributed by atoms with Gasteiger partial charge in [0.1, 0.15) is 6.33 Å². The molecule has 0 unspecified atom stereocenters. The van der Waals surface area contributed by atoms with Crippen LogP contribution in [-0.2, 0) is 0 Å². The Hall–Kier alpha value is -1.36. The molecule has 3 N–H and O–H groups in total. The van der Waals surface area contributed by atoms with Gasteiger partial charge in [0.15, 0.2) is 5.82 Å². The molecule has 82 valence electrons. The SMILES string of the molecule is Nc1cncnc1N(CCO)C1CCC1. The minimum atomic E-state index is 0.125. The van der Waals surface area contributed by atoms with Crippen LogP contribution >= 0.6 is 0 Å². The number of anilines is 2. The largest absolute Gasteiger partial charge is 0.395 e. The summed E-state index contributed by atoms with van der Waals surface area (Å²) in [6, 6.07) is 0.481. The zero-order valence-electron chi connectivity index (χ0n) is 8.63. The Morgan fingerprint density at radius 2 is 2.33 bits per heavy atom. The van der Waals surface area contributed by atoms with Gasteiger partial charge < -0.3 is 15.7 Å². The lowest BCUT2D eigenvalue weighted by atomic mass is 9.91. The quantitative estimate of drug-likeness (QED) is 0.749. The maximum Gasteiger partial charge on any atom is 0.155 e. The summed E-state index contributed by atoms with van der Waals surface area (Å²) in [6.07, 6.45) is 6.66. The van der Waals surface area contributed by atoms with Crippen molar-refractivity contribution in [1.82, 2.24) is 9.97 Å². The molecule has 0 amide bonds. The number of nitrogen functional groups attached to an aromatic ring is 1. The summed E-state index contributed by atoms with van der Waals surface area (Å²) < 4.78 is 0. The van der Waals surface area contributed by atoms with Crippen LogP contribution in [0.1, 0.15) is 19.3 Å². The summed E-state index contributed by atoms with van der Waals surface area (Å²) in [4.78, 5) is 10.1. The molecule has 0 bridgehead atoms. The first-order chi connectivity index (χ1) is 7.33. The lowest BCUT2D eigenvalue weighted by Gasteiger charge is -2.38. The highest BCUT2D eigenvalue weighted by Crippen LogP contribution is 2.30. The van der Waals surface area contributed by atoms with Crippen LogP contribution in [0.3, 0.4) is 0 Å². The third kappa shape index (κ3) is 2.02. The molecule has 1 aliphatic rings. The second-order valence-electron chi connectivity index (χ2n) is 3.80. The summed E-state index contributed by atoms with van der Waals surface area (Å²) in [5, 5.41) is 9.03. The number of nitrogens with zero attached hydrogens (tertiary/aromatic N) is 3. The number of aromatic nitrogens is 2. The molecule has 0 spiro atoms. The fourth-order valence-corrected chi connectivity index (χ4v) is 1.84. The maximum absolute atomic E-state index is 9.03. The molecule has 5 nitrogen and oxygen atoms in total. The molecule has 5 heteroatoms. The Morgan fingerprint density at radius 3 is 2.87 bits per heavy atom. The zero-order valence-corrected chi connectivity index (χ0v) is 8.63. The van der Waals surface area contributed by atoms with Gasteiger partial charge in [-0.3, -0.25) is 0 Å². The molecule has 1 saturated carbocycles. The Kier molecular flexibility index (Phi) is 3.01. The van der Waals surface area contributed by atoms with Gasteiger partial charge in [-0.1, -0.05) is 0 Å². The first-order valence-electron chi connectivity index (χ1n) is 5.26. The monoisotopic (exact) mass is 208 g/mol. The molecule has 0 saturated heterocycles. The predicted molar refractivity (Wildman–Crippen MR) is 58.5 cm³/mol. The molecule has 0 aromatic carbocycles. The van der Waals surface area contributed by atoms with Crippen LogP contribution in [0.4, 0.5) is 11.5 Å². The van der Waals surface area contributed by atoms with Crippen molar-refractivity contribution < 1.29 is 5.11 Å². The van der Waals surface area contributed by atoms with E-state index in [-0.39, 0.29) is 6.61 Å². The minimum Gasteiger partial charge on any atom is -0.395 e. The number of hydrogen-bond acceptors (Lipinski definition) is 5. The van der Waals surface area contributed by atoms with Gasteiger partial charge in [0, 0.05) is 12.6 Å². The summed E-state index contributed by atoms with van der Waals surface area (Å²) in [5.41, 5.74) is 6.40. The minimum absolute atomic E-state index is 0.125. The fraction of sp³-hybridized carbons (Fsp3) is 0.600. The van der Waals surface area contributed by atoms with E-state index in [1.165, 1.54) is 12.7 Å². The van der Waals surface area contributed by atoms with E-state index >= 15 is 0 Å². The van der Waals surface area contributed by atoms with E-state index in [2.05, 4.69) is 14.9 Å². The lowest BCUT2D eigenvalue weighted by Crippen LogP contribution is -2.42. The molecule has 15 heavy (non-hydrogen) atoms. The normalized spacial score (nSPS) is 16.1. The smallest absolute Gasteiger partial charge is 0.155 e. The van der Waals surface area contributed by atoms with E-state index in [1.54, 1.807) is 6.20 Å². The molecule has 2 rings (SSSR count). The van der Waals surface area contributed by atoms with Crippen molar-refractivity contribution in [2.75, 3.05) is 23.8 Å². The van der Waals surface area contributed by atoms with Crippen LogP contribution in [0.5, 0.6) is 0 Å². The number of hydrogen-bond donors (Lipinski definition) is 2. The van der Waals surface area contributed by atoms with E-state index in [0.717, 1.165) is 18.7 Å². The van der Waals surface area contributed by atoms with Crippen LogP contribution in [0.25, 0.3) is 0 Å². The Balaban J connectivity index is 2.19. The maximum atomic E-state index is 9.03. The fourth-order valence-electron chi connectivity index (χ4n) is 1.84. The van der Waals surface area contributed by atoms with Gasteiger partial charge in [0.05, 0.1) is 18.5 Å². The van der Waals surface area contributed by atoms with Crippen molar-refractivity contribution in [3.63, 3.8) is 0 Å². The number of aliphatic hydroxyl groups excluding tert-OH is 1. The predicted octanol–water partition coefficient (Wildman–Crippen LogP) is 0.410. The van der Waals surface area contributed by atoms with Crippen molar-refractivity contribution >= 4 is 11.5 Å². The van der Waals surface area contributed by atoms with Crippen molar-refractivity contribution in [2.24, 2.45) is 0 Å². The van der Waals surface area contributed by atoms with E-state index in [1.807, 2.05) is 0 Å². The van der Waals surface area contributed by atoms with Gasteiger partial charge in [0.25, 0.3) is 0 Å². The molecule has 0 radical (unpaired) electrons. The highest BCUT2D eigenvalue weighted by atomic mass is 16.3. The summed E-state index contributed by atoms with van der Waals surface area (Å²) in [5.74, 6) is 0.753. The first kappa shape index (κ1) is 10.2. The molecule has 1 aromatic heterocycles. The molecule has 1 aromatic rings. The van der Waals surface area contributed by atoms with Crippen molar-refractivity contribution in [3.8, 4) is 0 Å². The van der Waals surface area contributed by atoms with Crippen LogP contribution in [-0.4, -0.2) is 34.3 Å². The van der Waals surface area contributed by atoms with Gasteiger partial charge >= 0.3 is 0 Å². The molecular formula is C10H16N4O. The van der Waals surface area contributed by atoms with Gasteiger partial charge in [-0.15, -0.1) is 0 Å². The van der Waals surface area contributed by atoms with Crippen LogP contribution in [0.2, 0.25) is 0 Å². The molecule has 1 fully saturated rings. The highest BCUT2D eigenvalue weighted by Gasteiger charge is 2.26. The van der Waals surface area contributed by atoms with E-state index in [0.29, 0.717) is 18.3 Å². The standard InChI is InChI=1S/C10H16N4O/c11-9-6-12-7-13-10(9)14(4-5-15)8-2-1-3-8/h6-8,15H,1-5,11H2. The molecule has 0 atom stereocenters. The van der Waals surface area contributed by atoms with Crippen LogP contribution in [0.15, 0.2) is 12.5 Å². The van der Waals surface area contributed by atoms with E-state index in [9.17, 15) is 0 Å². The third-order valence-corrected chi connectivity index (χ3v) is 2.85. The Labute approximate surface area is 88.9 Å². The summed E-state index contributed by atoms with van der Waals surface area (Å²) in [6.45, 7) is 0.714. The number of aliphatic hydroxyl groups is 1. The third-order valence-electron chi connectivity index (χ3n) is 2.85. The average Bonchev–Trinajstić information content (AvgIpc) is 2.15. The second kappa shape index (κ2) is 4.44. The Morgan fingerprint density at radius 1 is 1.53 bits per heavy atom. The van der Waals surface area contributed by atoms with E-state index < -0.39 is 0 Å². The van der Waals surface area contributed by atoms with E-state index in [4.69, 9.17) is 10.8 Å². The van der Waals surface area contributed by atoms with Gasteiger partial charge in [-0.25, -0.2) is 9.97 Å². The highest BCUT2D eigenvalue weighted by molar-refractivity contribution is 5.61. The number of rotatable bonds is 4. The van der Waals surface area contributed by atoms with Crippen molar-refractivity contribution in [2.45, 2.75) is 25.3 Å². The zero-order chi connectivity index (χ0) is 10.7. The van der Waals surface area contributed by atoms with Gasteiger partial charge in [-0.2, -0.15) is 0 Å². The van der Waals surface area contributed by atoms with Gasteiger partial charge in [0.2, 0.25) is 0 Å². The molecule has 1 aliphatic carbocycles.